The molecule has 1 amide bonds. The number of likely N-dealkylation sites (tertiary alicyclic amines) is 1. The van der Waals surface area contributed by atoms with Gasteiger partial charge in [-0.2, -0.15) is 5.26 Å². The van der Waals surface area contributed by atoms with Gasteiger partial charge >= 0.3 is 0 Å². The van der Waals surface area contributed by atoms with Crippen molar-refractivity contribution in [2.45, 2.75) is 19.3 Å². The number of amides is 1. The molecule has 1 fully saturated rings. The van der Waals surface area contributed by atoms with Crippen molar-refractivity contribution < 1.29 is 14.1 Å². The number of carbonyl (C=O) groups excluding carboxylic acids is 1. The van der Waals surface area contributed by atoms with Crippen molar-refractivity contribution in [3.05, 3.63) is 57.8 Å². The Balaban J connectivity index is 1.79. The Labute approximate surface area is 150 Å². The molecule has 1 aliphatic rings. The summed E-state index contributed by atoms with van der Waals surface area (Å²) >= 11 is 0. The van der Waals surface area contributed by atoms with Gasteiger partial charge in [0.2, 0.25) is 0 Å². The van der Waals surface area contributed by atoms with Crippen molar-refractivity contribution in [1.82, 2.24) is 4.90 Å². The number of nitro groups is 1. The minimum absolute atomic E-state index is 0.000629. The molecule has 0 unspecified atom stereocenters. The van der Waals surface area contributed by atoms with Crippen LogP contribution < -0.4 is 0 Å². The zero-order valence-corrected chi connectivity index (χ0v) is 14.1. The highest BCUT2D eigenvalue weighted by Crippen LogP contribution is 2.25. The van der Waals surface area contributed by atoms with Crippen LogP contribution in [0.25, 0.3) is 17.4 Å². The van der Waals surface area contributed by atoms with Crippen LogP contribution >= 0.6 is 0 Å². The Morgan fingerprint density at radius 3 is 2.46 bits per heavy atom. The van der Waals surface area contributed by atoms with E-state index in [4.69, 9.17) is 4.42 Å². The van der Waals surface area contributed by atoms with Crippen LogP contribution in [-0.2, 0) is 4.79 Å². The van der Waals surface area contributed by atoms with Crippen LogP contribution in [0.4, 0.5) is 5.69 Å². The fraction of sp³-hybridized carbons (Fsp3) is 0.263. The van der Waals surface area contributed by atoms with Gasteiger partial charge < -0.3 is 9.32 Å². The van der Waals surface area contributed by atoms with Crippen LogP contribution in [0.2, 0.25) is 0 Å². The van der Waals surface area contributed by atoms with Gasteiger partial charge in [0.1, 0.15) is 23.2 Å². The second kappa shape index (κ2) is 7.66. The second-order valence-corrected chi connectivity index (χ2v) is 6.03. The van der Waals surface area contributed by atoms with Crippen LogP contribution in [0.3, 0.4) is 0 Å². The smallest absolute Gasteiger partial charge is 0.269 e. The molecule has 2 aromatic rings. The normalized spacial score (nSPS) is 14.7. The van der Waals surface area contributed by atoms with E-state index in [0.717, 1.165) is 19.3 Å². The quantitative estimate of drug-likeness (QED) is 0.361. The van der Waals surface area contributed by atoms with Crippen LogP contribution in [0.1, 0.15) is 25.0 Å². The average Bonchev–Trinajstić information content (AvgIpc) is 3.15. The molecule has 0 radical (unpaired) electrons. The predicted octanol–water partition coefficient (Wildman–Crippen LogP) is 3.77. The van der Waals surface area contributed by atoms with Crippen molar-refractivity contribution in [2.24, 2.45) is 0 Å². The first-order chi connectivity index (χ1) is 12.6. The number of hydrogen-bond acceptors (Lipinski definition) is 5. The number of nitro benzene ring substituents is 1. The molecule has 0 saturated carbocycles. The van der Waals surface area contributed by atoms with E-state index in [1.807, 2.05) is 6.07 Å². The molecule has 7 nitrogen and oxygen atoms in total. The number of nitriles is 1. The Kier molecular flexibility index (Phi) is 5.13. The number of nitrogens with zero attached hydrogens (tertiary/aromatic N) is 3. The molecule has 3 rings (SSSR count). The molecule has 132 valence electrons. The fourth-order valence-corrected chi connectivity index (χ4v) is 2.88. The number of piperidine rings is 1. The molecule has 2 heterocycles. The van der Waals surface area contributed by atoms with Crippen molar-refractivity contribution in [3.8, 4) is 17.4 Å². The van der Waals surface area contributed by atoms with Crippen LogP contribution in [-0.4, -0.2) is 28.8 Å². The first-order valence-corrected chi connectivity index (χ1v) is 8.34. The highest BCUT2D eigenvalue weighted by molar-refractivity contribution is 6.01. The zero-order chi connectivity index (χ0) is 18.5. The lowest BCUT2D eigenvalue weighted by Gasteiger charge is -2.26. The molecular weight excluding hydrogens is 334 g/mol. The van der Waals surface area contributed by atoms with Crippen molar-refractivity contribution in [2.75, 3.05) is 13.1 Å². The Bertz CT molecular complexity index is 884. The number of furan rings is 1. The molecule has 0 spiro atoms. The molecule has 0 N–H and O–H groups in total. The summed E-state index contributed by atoms with van der Waals surface area (Å²) in [6, 6.07) is 11.3. The van der Waals surface area contributed by atoms with E-state index in [0.29, 0.717) is 30.2 Å². The minimum atomic E-state index is -0.467. The highest BCUT2D eigenvalue weighted by atomic mass is 16.6. The summed E-state index contributed by atoms with van der Waals surface area (Å²) in [6.45, 7) is 1.34. The maximum Gasteiger partial charge on any atom is 0.269 e. The summed E-state index contributed by atoms with van der Waals surface area (Å²) in [4.78, 5) is 24.4. The summed E-state index contributed by atoms with van der Waals surface area (Å²) in [7, 11) is 0. The van der Waals surface area contributed by atoms with Gasteiger partial charge in [-0.25, -0.2) is 0 Å². The van der Waals surface area contributed by atoms with E-state index >= 15 is 0 Å². The third kappa shape index (κ3) is 3.81. The fourth-order valence-electron chi connectivity index (χ4n) is 2.88. The van der Waals surface area contributed by atoms with E-state index in [2.05, 4.69) is 0 Å². The maximum atomic E-state index is 12.4. The summed E-state index contributed by atoms with van der Waals surface area (Å²) in [5.74, 6) is 0.620. The molecule has 1 aromatic carbocycles. The van der Waals surface area contributed by atoms with Gasteiger partial charge in [0, 0.05) is 36.9 Å². The van der Waals surface area contributed by atoms with E-state index < -0.39 is 4.92 Å². The van der Waals surface area contributed by atoms with E-state index in [1.54, 1.807) is 29.2 Å². The molecule has 1 aliphatic heterocycles. The van der Waals surface area contributed by atoms with Gasteiger partial charge in [0.15, 0.2) is 0 Å². The predicted molar refractivity (Wildman–Crippen MR) is 94.8 cm³/mol. The Hall–Kier alpha value is -3.40. The topological polar surface area (TPSA) is 100 Å². The van der Waals surface area contributed by atoms with Gasteiger partial charge in [0.05, 0.1) is 4.92 Å². The van der Waals surface area contributed by atoms with Crippen molar-refractivity contribution in [3.63, 3.8) is 0 Å². The highest BCUT2D eigenvalue weighted by Gasteiger charge is 2.20. The number of non-ortho nitro benzene ring substituents is 1. The lowest BCUT2D eigenvalue weighted by atomic mass is 10.1. The molecule has 0 atom stereocenters. The third-order valence-corrected chi connectivity index (χ3v) is 4.27. The molecule has 0 aliphatic carbocycles. The largest absolute Gasteiger partial charge is 0.457 e. The molecular formula is C19H17N3O4. The monoisotopic (exact) mass is 351 g/mol. The van der Waals surface area contributed by atoms with Crippen LogP contribution in [0.5, 0.6) is 0 Å². The maximum absolute atomic E-state index is 12.4. The van der Waals surface area contributed by atoms with E-state index in [9.17, 15) is 20.2 Å². The summed E-state index contributed by atoms with van der Waals surface area (Å²) < 4.78 is 5.67. The Morgan fingerprint density at radius 1 is 1.15 bits per heavy atom. The number of benzene rings is 1. The number of carbonyl (C=O) groups is 1. The molecule has 0 bridgehead atoms. The van der Waals surface area contributed by atoms with Gasteiger partial charge in [-0.1, -0.05) is 0 Å². The van der Waals surface area contributed by atoms with Crippen LogP contribution in [0.15, 0.2) is 46.4 Å². The van der Waals surface area contributed by atoms with Crippen molar-refractivity contribution in [1.29, 1.82) is 5.26 Å². The molecule has 7 heteroatoms. The number of rotatable bonds is 4. The Morgan fingerprint density at radius 2 is 1.85 bits per heavy atom. The summed E-state index contributed by atoms with van der Waals surface area (Å²) in [6.07, 6.45) is 4.45. The van der Waals surface area contributed by atoms with Crippen LogP contribution in [0, 0.1) is 21.4 Å². The van der Waals surface area contributed by atoms with E-state index in [-0.39, 0.29) is 17.2 Å². The van der Waals surface area contributed by atoms with Gasteiger partial charge in [0.25, 0.3) is 11.6 Å². The molecule has 1 saturated heterocycles. The summed E-state index contributed by atoms with van der Waals surface area (Å²) in [5, 5.41) is 20.0. The van der Waals surface area contributed by atoms with Gasteiger partial charge in [-0.3, -0.25) is 14.9 Å². The minimum Gasteiger partial charge on any atom is -0.457 e. The SMILES string of the molecule is N#C/C(=C\c1ccc(-c2ccc([N+](=O)[O-])cc2)o1)C(=O)N1CCCCC1. The average molecular weight is 351 g/mol. The lowest BCUT2D eigenvalue weighted by Crippen LogP contribution is -2.36. The summed E-state index contributed by atoms with van der Waals surface area (Å²) in [5.41, 5.74) is 0.715. The van der Waals surface area contributed by atoms with E-state index in [1.165, 1.54) is 18.2 Å². The first kappa shape index (κ1) is 17.4. The molecule has 1 aromatic heterocycles. The zero-order valence-electron chi connectivity index (χ0n) is 14.1. The first-order valence-electron chi connectivity index (χ1n) is 8.34. The van der Waals surface area contributed by atoms with Crippen molar-refractivity contribution >= 4 is 17.7 Å². The number of hydrogen-bond donors (Lipinski definition) is 0. The van der Waals surface area contributed by atoms with Gasteiger partial charge in [-0.15, -0.1) is 0 Å². The van der Waals surface area contributed by atoms with Gasteiger partial charge in [-0.05, 0) is 43.5 Å². The third-order valence-electron chi connectivity index (χ3n) is 4.27. The standard InChI is InChI=1S/C19H17N3O4/c20-13-15(19(23)21-10-2-1-3-11-21)12-17-8-9-18(26-17)14-4-6-16(7-5-14)22(24)25/h4-9,12H,1-3,10-11H2/b15-12+. The molecule has 26 heavy (non-hydrogen) atoms. The lowest BCUT2D eigenvalue weighted by molar-refractivity contribution is -0.384. The second-order valence-electron chi connectivity index (χ2n) is 6.03.